The second-order valence-electron chi connectivity index (χ2n) is 4.38. The van der Waals surface area contributed by atoms with E-state index in [4.69, 9.17) is 14.5 Å². The molecule has 0 aromatic rings. The van der Waals surface area contributed by atoms with Crippen molar-refractivity contribution >= 4 is 0 Å². The van der Waals surface area contributed by atoms with Gasteiger partial charge >= 0.3 is 0 Å². The molecule has 1 rings (SSSR count). The number of unbranched alkanes of at least 4 members (excludes halogenated alkanes) is 1. The fourth-order valence-electron chi connectivity index (χ4n) is 1.92. The number of rotatable bonds is 8. The van der Waals surface area contributed by atoms with Crippen molar-refractivity contribution in [2.45, 2.75) is 52.6 Å². The van der Waals surface area contributed by atoms with Crippen LogP contribution in [0.2, 0.25) is 0 Å². The summed E-state index contributed by atoms with van der Waals surface area (Å²) in [6, 6.07) is 0. The molecule has 0 aromatic carbocycles. The van der Waals surface area contributed by atoms with Gasteiger partial charge in [0.25, 0.3) is 0 Å². The molecule has 0 bridgehead atoms. The summed E-state index contributed by atoms with van der Waals surface area (Å²) in [4.78, 5) is 10.8. The third-order valence-corrected chi connectivity index (χ3v) is 3.30. The van der Waals surface area contributed by atoms with E-state index in [0.717, 1.165) is 38.9 Å². The van der Waals surface area contributed by atoms with Crippen molar-refractivity contribution in [3.63, 3.8) is 0 Å². The Balaban J connectivity index is 2.28. The Hall–Kier alpha value is -0.120. The maximum absolute atomic E-state index is 5.51. The van der Waals surface area contributed by atoms with Crippen LogP contribution in [0, 0.1) is 5.41 Å². The van der Waals surface area contributed by atoms with Gasteiger partial charge in [-0.25, -0.2) is 9.78 Å². The van der Waals surface area contributed by atoms with Gasteiger partial charge in [-0.3, -0.25) is 0 Å². The largest absolute Gasteiger partial charge is 0.380 e. The Morgan fingerprint density at radius 1 is 1.27 bits per heavy atom. The molecule has 0 aliphatic carbocycles. The summed E-state index contributed by atoms with van der Waals surface area (Å²) < 4.78 is 5.30. The zero-order valence-corrected chi connectivity index (χ0v) is 10.3. The van der Waals surface area contributed by atoms with E-state index in [1.54, 1.807) is 0 Å². The van der Waals surface area contributed by atoms with Gasteiger partial charge in [0.1, 0.15) is 6.10 Å². The zero-order chi connectivity index (χ0) is 11.1. The molecule has 0 saturated carbocycles. The first-order valence-electron chi connectivity index (χ1n) is 6.15. The third-order valence-electron chi connectivity index (χ3n) is 3.30. The summed E-state index contributed by atoms with van der Waals surface area (Å²) in [6.07, 6.45) is 4.48. The molecule has 0 amide bonds. The molecule has 0 N–H and O–H groups in total. The van der Waals surface area contributed by atoms with Crippen molar-refractivity contribution in [3.05, 3.63) is 0 Å². The van der Waals surface area contributed by atoms with Gasteiger partial charge in [-0.05, 0) is 19.3 Å². The van der Waals surface area contributed by atoms with Gasteiger partial charge in [-0.2, -0.15) is 0 Å². The van der Waals surface area contributed by atoms with Gasteiger partial charge < -0.3 is 4.74 Å². The molecule has 1 atom stereocenters. The number of ether oxygens (including phenoxy) is 1. The minimum atomic E-state index is 0.188. The van der Waals surface area contributed by atoms with E-state index in [9.17, 15) is 0 Å². The third kappa shape index (κ3) is 3.16. The van der Waals surface area contributed by atoms with E-state index in [1.165, 1.54) is 0 Å². The highest BCUT2D eigenvalue weighted by molar-refractivity contribution is 4.90. The predicted molar refractivity (Wildman–Crippen MR) is 59.6 cm³/mol. The van der Waals surface area contributed by atoms with Gasteiger partial charge in [0, 0.05) is 5.41 Å². The topological polar surface area (TPSA) is 27.7 Å². The van der Waals surface area contributed by atoms with Crippen LogP contribution in [-0.4, -0.2) is 25.9 Å². The standard InChI is InChI=1S/C12H24O3/c1-4-7-8-14-15-11(5-2)12(6-3)9-13-10-12/h11H,4-10H2,1-3H3. The lowest BCUT2D eigenvalue weighted by Crippen LogP contribution is -2.51. The minimum absolute atomic E-state index is 0.188. The van der Waals surface area contributed by atoms with E-state index in [1.807, 2.05) is 0 Å². The van der Waals surface area contributed by atoms with Crippen LogP contribution >= 0.6 is 0 Å². The maximum atomic E-state index is 5.51. The van der Waals surface area contributed by atoms with Gasteiger partial charge in [0.2, 0.25) is 0 Å². The van der Waals surface area contributed by atoms with Gasteiger partial charge in [0.15, 0.2) is 0 Å². The van der Waals surface area contributed by atoms with Gasteiger partial charge in [-0.1, -0.05) is 27.2 Å². The van der Waals surface area contributed by atoms with Crippen molar-refractivity contribution in [2.24, 2.45) is 5.41 Å². The lowest BCUT2D eigenvalue weighted by atomic mass is 9.76. The Labute approximate surface area is 93.0 Å². The Morgan fingerprint density at radius 3 is 2.40 bits per heavy atom. The van der Waals surface area contributed by atoms with Crippen LogP contribution in [-0.2, 0) is 14.5 Å². The molecule has 1 aliphatic rings. The summed E-state index contributed by atoms with van der Waals surface area (Å²) in [5, 5.41) is 0. The van der Waals surface area contributed by atoms with Crippen LogP contribution in [0.3, 0.4) is 0 Å². The van der Waals surface area contributed by atoms with Crippen molar-refractivity contribution in [2.75, 3.05) is 19.8 Å². The van der Waals surface area contributed by atoms with E-state index < -0.39 is 0 Å². The van der Waals surface area contributed by atoms with Gasteiger partial charge in [0.05, 0.1) is 19.8 Å². The second kappa shape index (κ2) is 6.46. The quantitative estimate of drug-likeness (QED) is 0.355. The molecule has 1 aliphatic heterocycles. The highest BCUT2D eigenvalue weighted by atomic mass is 17.2. The summed E-state index contributed by atoms with van der Waals surface area (Å²) >= 11 is 0. The first kappa shape index (κ1) is 12.9. The smallest absolute Gasteiger partial charge is 0.103 e. The summed E-state index contributed by atoms with van der Waals surface area (Å²) in [5.41, 5.74) is 0.209. The minimum Gasteiger partial charge on any atom is -0.380 e. The molecule has 1 heterocycles. The molecule has 15 heavy (non-hydrogen) atoms. The second-order valence-corrected chi connectivity index (χ2v) is 4.38. The molecular formula is C12H24O3. The van der Waals surface area contributed by atoms with Crippen LogP contribution in [0.5, 0.6) is 0 Å². The fourth-order valence-corrected chi connectivity index (χ4v) is 1.92. The average molecular weight is 216 g/mol. The van der Waals surface area contributed by atoms with E-state index >= 15 is 0 Å². The van der Waals surface area contributed by atoms with Crippen molar-refractivity contribution in [1.29, 1.82) is 0 Å². The van der Waals surface area contributed by atoms with Crippen LogP contribution in [0.15, 0.2) is 0 Å². The molecule has 0 spiro atoms. The SMILES string of the molecule is CCCCOOC(CC)C1(CC)COC1. The molecule has 3 nitrogen and oxygen atoms in total. The van der Waals surface area contributed by atoms with E-state index in [2.05, 4.69) is 20.8 Å². The average Bonchev–Trinajstić information content (AvgIpc) is 2.20. The molecule has 0 radical (unpaired) electrons. The summed E-state index contributed by atoms with van der Waals surface area (Å²) in [5.74, 6) is 0. The molecule has 1 fully saturated rings. The number of hydrogen-bond donors (Lipinski definition) is 0. The zero-order valence-electron chi connectivity index (χ0n) is 10.3. The highest BCUT2D eigenvalue weighted by Crippen LogP contribution is 2.38. The summed E-state index contributed by atoms with van der Waals surface area (Å²) in [7, 11) is 0. The lowest BCUT2D eigenvalue weighted by Gasteiger charge is -2.45. The van der Waals surface area contributed by atoms with E-state index in [0.29, 0.717) is 6.61 Å². The first-order valence-corrected chi connectivity index (χ1v) is 6.15. The number of hydrogen-bond acceptors (Lipinski definition) is 3. The Bertz CT molecular complexity index is 161. The first-order chi connectivity index (χ1) is 7.29. The molecule has 3 heteroatoms. The van der Waals surface area contributed by atoms with Crippen molar-refractivity contribution in [3.8, 4) is 0 Å². The van der Waals surface area contributed by atoms with Crippen LogP contribution in [0.25, 0.3) is 0 Å². The molecule has 1 unspecified atom stereocenters. The van der Waals surface area contributed by atoms with E-state index in [-0.39, 0.29) is 11.5 Å². The highest BCUT2D eigenvalue weighted by Gasteiger charge is 2.44. The van der Waals surface area contributed by atoms with Crippen molar-refractivity contribution in [1.82, 2.24) is 0 Å². The Morgan fingerprint density at radius 2 is 2.00 bits per heavy atom. The molecule has 0 aromatic heterocycles. The molecule has 90 valence electrons. The molecular weight excluding hydrogens is 192 g/mol. The monoisotopic (exact) mass is 216 g/mol. The van der Waals surface area contributed by atoms with Crippen LogP contribution in [0.1, 0.15) is 46.5 Å². The van der Waals surface area contributed by atoms with Crippen LogP contribution < -0.4 is 0 Å². The van der Waals surface area contributed by atoms with Crippen molar-refractivity contribution < 1.29 is 14.5 Å². The predicted octanol–water partition coefficient (Wildman–Crippen LogP) is 2.94. The summed E-state index contributed by atoms with van der Waals surface area (Å²) in [6.45, 7) is 8.82. The molecule has 1 saturated heterocycles. The lowest BCUT2D eigenvalue weighted by molar-refractivity contribution is -0.365. The van der Waals surface area contributed by atoms with Crippen LogP contribution in [0.4, 0.5) is 0 Å². The normalized spacial score (nSPS) is 21.0. The maximum Gasteiger partial charge on any atom is 0.103 e. The van der Waals surface area contributed by atoms with Gasteiger partial charge in [-0.15, -0.1) is 0 Å². The Kier molecular flexibility index (Phi) is 5.58. The fraction of sp³-hybridized carbons (Fsp3) is 1.00.